The van der Waals surface area contributed by atoms with Crippen LogP contribution in [-0.2, 0) is 0 Å². The second kappa shape index (κ2) is 9.89. The molecule has 0 unspecified atom stereocenters. The van der Waals surface area contributed by atoms with Crippen LogP contribution in [0.1, 0.15) is 20.7 Å². The number of aromatic carboxylic acids is 2. The van der Waals surface area contributed by atoms with E-state index in [2.05, 4.69) is 9.97 Å². The van der Waals surface area contributed by atoms with E-state index in [1.807, 2.05) is 0 Å². The first-order valence-electron chi connectivity index (χ1n) is 7.44. The molecule has 28 heavy (non-hydrogen) atoms. The maximum absolute atomic E-state index is 11.0. The quantitative estimate of drug-likeness (QED) is 0.528. The van der Waals surface area contributed by atoms with Gasteiger partial charge in [-0.15, -0.1) is 0 Å². The van der Waals surface area contributed by atoms with Crippen molar-refractivity contribution in [2.24, 2.45) is 0 Å². The largest absolute Gasteiger partial charge is 0.478 e. The lowest BCUT2D eigenvalue weighted by Gasteiger charge is -2.08. The number of nitrogens with zero attached hydrogens (tertiary/aromatic N) is 2. The summed E-state index contributed by atoms with van der Waals surface area (Å²) in [4.78, 5) is 28.7. The molecule has 3 rings (SSSR count). The van der Waals surface area contributed by atoms with Crippen molar-refractivity contribution < 1.29 is 24.5 Å². The highest BCUT2D eigenvalue weighted by Crippen LogP contribution is 2.31. The molecule has 2 heterocycles. The lowest BCUT2D eigenvalue weighted by atomic mass is 10.3. The van der Waals surface area contributed by atoms with Crippen molar-refractivity contribution in [2.45, 2.75) is 0 Å². The Morgan fingerprint density at radius 1 is 0.857 bits per heavy atom. The van der Waals surface area contributed by atoms with E-state index in [1.165, 1.54) is 42.7 Å². The van der Waals surface area contributed by atoms with Crippen molar-refractivity contribution in [1.29, 1.82) is 0 Å². The van der Waals surface area contributed by atoms with Crippen LogP contribution in [0.3, 0.4) is 0 Å². The van der Waals surface area contributed by atoms with Gasteiger partial charge in [-0.1, -0.05) is 34.8 Å². The Balaban J connectivity index is 0.000000237. The van der Waals surface area contributed by atoms with Crippen molar-refractivity contribution in [1.82, 2.24) is 9.97 Å². The van der Waals surface area contributed by atoms with Gasteiger partial charge in [0.1, 0.15) is 16.5 Å². The van der Waals surface area contributed by atoms with Crippen LogP contribution in [-0.4, -0.2) is 32.1 Å². The molecule has 0 saturated carbocycles. The van der Waals surface area contributed by atoms with Crippen molar-refractivity contribution in [3.8, 4) is 11.6 Å². The summed E-state index contributed by atoms with van der Waals surface area (Å²) in [5.41, 5.74) is -0.00677. The molecule has 1 aromatic carbocycles. The summed E-state index contributed by atoms with van der Waals surface area (Å²) in [7, 11) is 0. The summed E-state index contributed by atoms with van der Waals surface area (Å²) in [5, 5.41) is 18.2. The second-order valence-electron chi connectivity index (χ2n) is 4.98. The van der Waals surface area contributed by atoms with Gasteiger partial charge in [-0.05, 0) is 42.5 Å². The minimum atomic E-state index is -1.12. The minimum absolute atomic E-state index is 0.0192. The van der Waals surface area contributed by atoms with E-state index in [4.69, 9.17) is 49.8 Å². The summed E-state index contributed by atoms with van der Waals surface area (Å²) in [6.45, 7) is 0. The number of benzene rings is 1. The van der Waals surface area contributed by atoms with Crippen LogP contribution in [0.25, 0.3) is 0 Å². The number of aromatic nitrogens is 2. The van der Waals surface area contributed by atoms with Crippen LogP contribution in [0.2, 0.25) is 15.2 Å². The Labute approximate surface area is 174 Å². The van der Waals surface area contributed by atoms with Crippen LogP contribution in [0.15, 0.2) is 54.9 Å². The van der Waals surface area contributed by atoms with Crippen molar-refractivity contribution >= 4 is 46.7 Å². The molecule has 0 atom stereocenters. The predicted octanol–water partition coefficient (Wildman–Crippen LogP) is 5.31. The van der Waals surface area contributed by atoms with E-state index < -0.39 is 11.9 Å². The molecular formula is C18H11Cl3N2O5. The molecule has 2 aromatic heterocycles. The highest BCUT2D eigenvalue weighted by molar-refractivity contribution is 6.35. The second-order valence-corrected chi connectivity index (χ2v) is 6.19. The first kappa shape index (κ1) is 21.4. The van der Waals surface area contributed by atoms with E-state index >= 15 is 0 Å². The van der Waals surface area contributed by atoms with Gasteiger partial charge in [-0.25, -0.2) is 19.6 Å². The molecule has 0 bridgehead atoms. The Bertz CT molecular complexity index is 1010. The number of ether oxygens (including phenoxy) is 1. The molecule has 0 saturated heterocycles. The molecule has 2 N–H and O–H groups in total. The van der Waals surface area contributed by atoms with Gasteiger partial charge in [0.25, 0.3) is 0 Å². The van der Waals surface area contributed by atoms with E-state index in [0.717, 1.165) is 0 Å². The smallest absolute Gasteiger partial charge is 0.341 e. The molecule has 0 radical (unpaired) electrons. The molecule has 0 fully saturated rings. The average Bonchev–Trinajstić information content (AvgIpc) is 2.65. The number of carbonyl (C=O) groups is 2. The Hall–Kier alpha value is -2.87. The van der Waals surface area contributed by atoms with Crippen LogP contribution >= 0.6 is 34.8 Å². The van der Waals surface area contributed by atoms with Gasteiger partial charge >= 0.3 is 11.9 Å². The van der Waals surface area contributed by atoms with Crippen molar-refractivity contribution in [2.75, 3.05) is 0 Å². The predicted molar refractivity (Wildman–Crippen MR) is 104 cm³/mol. The third kappa shape index (κ3) is 5.82. The maximum atomic E-state index is 11.0. The third-order valence-electron chi connectivity index (χ3n) is 3.09. The minimum Gasteiger partial charge on any atom is -0.478 e. The lowest BCUT2D eigenvalue weighted by molar-refractivity contribution is 0.0683. The van der Waals surface area contributed by atoms with Gasteiger partial charge in [0, 0.05) is 17.4 Å². The van der Waals surface area contributed by atoms with E-state index in [-0.39, 0.29) is 27.2 Å². The SMILES string of the molecule is O=C(O)c1cccnc1Cl.O=C(O)c1cccnc1Oc1ccc(Cl)cc1Cl. The number of carboxylic acid groups (broad SMARTS) is 2. The third-order valence-corrected chi connectivity index (χ3v) is 3.92. The maximum Gasteiger partial charge on any atom is 0.341 e. The molecule has 144 valence electrons. The standard InChI is InChI=1S/C12H7Cl2NO3.C6H4ClNO2/c13-7-3-4-10(9(14)6-7)18-11-8(12(16)17)2-1-5-15-11;7-5-4(6(9)10)2-1-3-8-5/h1-6H,(H,16,17);1-3H,(H,9,10). The highest BCUT2D eigenvalue weighted by Gasteiger charge is 2.14. The van der Waals surface area contributed by atoms with Gasteiger partial charge in [0.2, 0.25) is 5.88 Å². The number of hydrogen-bond acceptors (Lipinski definition) is 5. The first-order valence-corrected chi connectivity index (χ1v) is 8.58. The normalized spacial score (nSPS) is 9.82. The van der Waals surface area contributed by atoms with Gasteiger partial charge in [-0.3, -0.25) is 0 Å². The van der Waals surface area contributed by atoms with Crippen LogP contribution in [0, 0.1) is 0 Å². The summed E-state index contributed by atoms with van der Waals surface area (Å²) >= 11 is 17.1. The fraction of sp³-hybridized carbons (Fsp3) is 0. The topological polar surface area (TPSA) is 110 Å². The Morgan fingerprint density at radius 3 is 2.00 bits per heavy atom. The van der Waals surface area contributed by atoms with Crippen LogP contribution < -0.4 is 4.74 Å². The fourth-order valence-electron chi connectivity index (χ4n) is 1.84. The summed E-state index contributed by atoms with van der Waals surface area (Å²) in [6, 6.07) is 10.5. The summed E-state index contributed by atoms with van der Waals surface area (Å²) in [6.07, 6.45) is 2.88. The average molecular weight is 442 g/mol. The first-order chi connectivity index (χ1) is 13.3. The molecule has 0 amide bonds. The number of carboxylic acids is 2. The zero-order valence-electron chi connectivity index (χ0n) is 13.8. The number of halogens is 3. The summed E-state index contributed by atoms with van der Waals surface area (Å²) in [5.74, 6) is -1.90. The van der Waals surface area contributed by atoms with E-state index in [9.17, 15) is 9.59 Å². The molecule has 7 nitrogen and oxygen atoms in total. The van der Waals surface area contributed by atoms with Gasteiger partial charge in [0.15, 0.2) is 0 Å². The molecular weight excluding hydrogens is 431 g/mol. The van der Waals surface area contributed by atoms with Crippen molar-refractivity contribution in [3.63, 3.8) is 0 Å². The van der Waals surface area contributed by atoms with Crippen molar-refractivity contribution in [3.05, 3.63) is 81.2 Å². The summed E-state index contributed by atoms with van der Waals surface area (Å²) < 4.78 is 5.37. The molecule has 0 aliphatic heterocycles. The zero-order chi connectivity index (χ0) is 20.7. The van der Waals surface area contributed by atoms with Crippen LogP contribution in [0.5, 0.6) is 11.6 Å². The number of hydrogen-bond donors (Lipinski definition) is 2. The van der Waals surface area contributed by atoms with Gasteiger partial charge < -0.3 is 14.9 Å². The molecule has 0 spiro atoms. The molecule has 10 heteroatoms. The molecule has 3 aromatic rings. The van der Waals surface area contributed by atoms with Gasteiger partial charge in [0.05, 0.1) is 10.6 Å². The molecule has 0 aliphatic rings. The monoisotopic (exact) mass is 440 g/mol. The Morgan fingerprint density at radius 2 is 1.46 bits per heavy atom. The number of rotatable bonds is 4. The fourth-order valence-corrected chi connectivity index (χ4v) is 2.49. The number of pyridine rings is 2. The lowest BCUT2D eigenvalue weighted by Crippen LogP contribution is -2.01. The van der Waals surface area contributed by atoms with Gasteiger partial charge in [-0.2, -0.15) is 0 Å². The highest BCUT2D eigenvalue weighted by atomic mass is 35.5. The zero-order valence-corrected chi connectivity index (χ0v) is 16.1. The van der Waals surface area contributed by atoms with Crippen LogP contribution in [0.4, 0.5) is 0 Å². The van der Waals surface area contributed by atoms with E-state index in [0.29, 0.717) is 10.8 Å². The Kier molecular flexibility index (Phi) is 7.57. The molecule has 0 aliphatic carbocycles. The van der Waals surface area contributed by atoms with E-state index in [1.54, 1.807) is 12.1 Å².